The van der Waals surface area contributed by atoms with E-state index in [2.05, 4.69) is 43.4 Å². The molecule has 0 aliphatic rings. The van der Waals surface area contributed by atoms with Crippen LogP contribution < -0.4 is 15.4 Å². The largest absolute Gasteiger partial charge is 0.495 e. The number of carbonyl (C=O) groups is 1. The maximum absolute atomic E-state index is 13.7. The Morgan fingerprint density at radius 3 is 2.72 bits per heavy atom. The lowest BCUT2D eigenvalue weighted by Crippen LogP contribution is -2.17. The summed E-state index contributed by atoms with van der Waals surface area (Å²) in [4.78, 5) is 15.9. The summed E-state index contributed by atoms with van der Waals surface area (Å²) < 4.78 is 59.5. The van der Waals surface area contributed by atoms with Gasteiger partial charge < -0.3 is 15.4 Å². The maximum Gasteiger partial charge on any atom is 0.394 e. The molecule has 168 valence electrons. The van der Waals surface area contributed by atoms with Gasteiger partial charge in [-0.1, -0.05) is 5.92 Å². The molecular weight excluding hydrogens is 496 g/mol. The van der Waals surface area contributed by atoms with Gasteiger partial charge in [-0.25, -0.2) is 9.37 Å². The minimum absolute atomic E-state index is 0.0601. The van der Waals surface area contributed by atoms with Crippen molar-refractivity contribution in [3.8, 4) is 17.6 Å². The van der Waals surface area contributed by atoms with E-state index in [9.17, 15) is 22.4 Å². The van der Waals surface area contributed by atoms with Gasteiger partial charge in [-0.15, -0.1) is 0 Å². The van der Waals surface area contributed by atoms with Gasteiger partial charge in [0, 0.05) is 18.8 Å². The number of anilines is 1. The summed E-state index contributed by atoms with van der Waals surface area (Å²) in [5, 5.41) is 5.49. The Hall–Kier alpha value is -3.26. The zero-order chi connectivity index (χ0) is 23.5. The van der Waals surface area contributed by atoms with Crippen molar-refractivity contribution in [2.45, 2.75) is 12.6 Å². The number of pyridine rings is 1. The third kappa shape index (κ3) is 5.31. The first-order valence-electron chi connectivity index (χ1n) is 9.18. The van der Waals surface area contributed by atoms with E-state index in [1.165, 1.54) is 14.2 Å². The first-order valence-corrected chi connectivity index (χ1v) is 9.98. The normalized spacial score (nSPS) is 11.1. The second-order valence-electron chi connectivity index (χ2n) is 6.55. The SMILES string of the molecule is CNC(=O)c1ccc(NCC#Cc2nc3c(Br)cc(F)cn3c2CC(F)(F)F)c(OC)c1. The molecule has 0 atom stereocenters. The average molecular weight is 513 g/mol. The fraction of sp³-hybridized carbons (Fsp3) is 0.238. The summed E-state index contributed by atoms with van der Waals surface area (Å²) in [7, 11) is 2.95. The number of alkyl halides is 3. The van der Waals surface area contributed by atoms with E-state index in [1.807, 2.05) is 0 Å². The first kappa shape index (κ1) is 23.4. The van der Waals surface area contributed by atoms with Crippen LogP contribution >= 0.6 is 15.9 Å². The van der Waals surface area contributed by atoms with E-state index in [4.69, 9.17) is 4.74 Å². The molecule has 0 spiro atoms. The van der Waals surface area contributed by atoms with Gasteiger partial charge in [0.1, 0.15) is 17.3 Å². The number of fused-ring (bicyclic) bond motifs is 1. The summed E-state index contributed by atoms with van der Waals surface area (Å²) in [5.41, 5.74) is 0.726. The van der Waals surface area contributed by atoms with Gasteiger partial charge in [-0.2, -0.15) is 13.2 Å². The molecule has 0 unspecified atom stereocenters. The number of aromatic nitrogens is 2. The number of imidazole rings is 1. The van der Waals surface area contributed by atoms with Crippen molar-refractivity contribution in [3.63, 3.8) is 0 Å². The standard InChI is InChI=1S/C21H17BrF4N4O2/c1-27-20(31)12-5-6-16(18(8-12)32-2)28-7-3-4-15-17(10-21(24,25)26)30-11-13(23)9-14(22)19(30)29-15/h5-6,8-9,11,28H,7,10H2,1-2H3,(H,27,31). The number of hydrogen-bond donors (Lipinski definition) is 2. The van der Waals surface area contributed by atoms with E-state index >= 15 is 0 Å². The van der Waals surface area contributed by atoms with Crippen LogP contribution in [-0.2, 0) is 6.42 Å². The molecule has 32 heavy (non-hydrogen) atoms. The van der Waals surface area contributed by atoms with Gasteiger partial charge in [0.05, 0.1) is 35.9 Å². The third-order valence-electron chi connectivity index (χ3n) is 4.37. The van der Waals surface area contributed by atoms with E-state index in [1.54, 1.807) is 18.2 Å². The number of amides is 1. The van der Waals surface area contributed by atoms with Crippen LogP contribution in [0.5, 0.6) is 5.75 Å². The molecule has 0 aliphatic heterocycles. The number of halogens is 5. The van der Waals surface area contributed by atoms with Crippen LogP contribution in [0.4, 0.5) is 23.2 Å². The molecule has 3 rings (SSSR count). The Labute approximate surface area is 189 Å². The van der Waals surface area contributed by atoms with Crippen molar-refractivity contribution in [1.82, 2.24) is 14.7 Å². The van der Waals surface area contributed by atoms with Crippen molar-refractivity contribution < 1.29 is 27.1 Å². The minimum atomic E-state index is -4.52. The zero-order valence-corrected chi connectivity index (χ0v) is 18.5. The Morgan fingerprint density at radius 1 is 1.31 bits per heavy atom. The Bertz CT molecular complexity index is 1230. The van der Waals surface area contributed by atoms with Crippen LogP contribution in [0.25, 0.3) is 5.65 Å². The molecule has 2 aromatic heterocycles. The number of methoxy groups -OCH3 is 1. The van der Waals surface area contributed by atoms with Crippen molar-refractivity contribution in [3.05, 3.63) is 57.7 Å². The monoisotopic (exact) mass is 512 g/mol. The topological polar surface area (TPSA) is 67.7 Å². The molecular formula is C21H17BrF4N4O2. The van der Waals surface area contributed by atoms with Crippen LogP contribution in [-0.4, -0.2) is 42.2 Å². The highest BCUT2D eigenvalue weighted by Gasteiger charge is 2.31. The average Bonchev–Trinajstić information content (AvgIpc) is 3.06. The third-order valence-corrected chi connectivity index (χ3v) is 4.96. The Morgan fingerprint density at radius 2 is 2.06 bits per heavy atom. The molecule has 0 radical (unpaired) electrons. The molecule has 3 aromatic rings. The Balaban J connectivity index is 1.87. The molecule has 0 saturated carbocycles. The highest BCUT2D eigenvalue weighted by molar-refractivity contribution is 9.10. The smallest absolute Gasteiger partial charge is 0.394 e. The van der Waals surface area contributed by atoms with E-state index < -0.39 is 18.4 Å². The van der Waals surface area contributed by atoms with E-state index in [0.717, 1.165) is 16.7 Å². The van der Waals surface area contributed by atoms with E-state index in [0.29, 0.717) is 17.0 Å². The lowest BCUT2D eigenvalue weighted by Gasteiger charge is -2.10. The zero-order valence-electron chi connectivity index (χ0n) is 16.9. The molecule has 1 aromatic carbocycles. The molecule has 2 heterocycles. The molecule has 0 bridgehead atoms. The predicted molar refractivity (Wildman–Crippen MR) is 114 cm³/mol. The number of benzene rings is 1. The summed E-state index contributed by atoms with van der Waals surface area (Å²) >= 11 is 3.12. The first-order chi connectivity index (χ1) is 15.1. The van der Waals surface area contributed by atoms with Gasteiger partial charge in [-0.3, -0.25) is 9.20 Å². The minimum Gasteiger partial charge on any atom is -0.495 e. The molecule has 1 amide bonds. The quantitative estimate of drug-likeness (QED) is 0.397. The summed E-state index contributed by atoms with van der Waals surface area (Å²) in [6.45, 7) is 0.0601. The number of ether oxygens (including phenoxy) is 1. The van der Waals surface area contributed by atoms with Crippen molar-refractivity contribution in [1.29, 1.82) is 0 Å². The lowest BCUT2D eigenvalue weighted by molar-refractivity contribution is -0.128. The second-order valence-corrected chi connectivity index (χ2v) is 7.40. The van der Waals surface area contributed by atoms with Crippen LogP contribution in [0.15, 0.2) is 34.9 Å². The van der Waals surface area contributed by atoms with Crippen molar-refractivity contribution >= 4 is 33.2 Å². The molecule has 0 fully saturated rings. The van der Waals surface area contributed by atoms with Gasteiger partial charge in [-0.05, 0) is 46.1 Å². The van der Waals surface area contributed by atoms with Crippen LogP contribution in [0, 0.1) is 17.7 Å². The lowest BCUT2D eigenvalue weighted by atomic mass is 10.1. The number of carbonyl (C=O) groups excluding carboxylic acids is 1. The predicted octanol–water partition coefficient (Wildman–Crippen LogP) is 4.17. The second kappa shape index (κ2) is 9.48. The number of hydrogen-bond acceptors (Lipinski definition) is 4. The van der Waals surface area contributed by atoms with Crippen LogP contribution in [0.1, 0.15) is 21.7 Å². The van der Waals surface area contributed by atoms with E-state index in [-0.39, 0.29) is 34.0 Å². The molecule has 11 heteroatoms. The summed E-state index contributed by atoms with van der Waals surface area (Å²) in [6, 6.07) is 5.88. The van der Waals surface area contributed by atoms with Crippen molar-refractivity contribution in [2.24, 2.45) is 0 Å². The fourth-order valence-electron chi connectivity index (χ4n) is 2.97. The number of nitrogens with zero attached hydrogens (tertiary/aromatic N) is 2. The van der Waals surface area contributed by atoms with Crippen LogP contribution in [0.2, 0.25) is 0 Å². The summed E-state index contributed by atoms with van der Waals surface area (Å²) in [5.74, 6) is 4.76. The Kier molecular flexibility index (Phi) is 6.93. The van der Waals surface area contributed by atoms with Crippen LogP contribution in [0.3, 0.4) is 0 Å². The van der Waals surface area contributed by atoms with Gasteiger partial charge in [0.25, 0.3) is 5.91 Å². The summed E-state index contributed by atoms with van der Waals surface area (Å²) in [6.07, 6.45) is -4.89. The highest BCUT2D eigenvalue weighted by atomic mass is 79.9. The molecule has 2 N–H and O–H groups in total. The maximum atomic E-state index is 13.7. The number of nitrogens with one attached hydrogen (secondary N) is 2. The number of rotatable bonds is 5. The molecule has 0 aliphatic carbocycles. The fourth-order valence-corrected chi connectivity index (χ4v) is 3.47. The van der Waals surface area contributed by atoms with Gasteiger partial charge in [0.2, 0.25) is 0 Å². The van der Waals surface area contributed by atoms with Crippen molar-refractivity contribution in [2.75, 3.05) is 26.0 Å². The van der Waals surface area contributed by atoms with Gasteiger partial charge >= 0.3 is 6.18 Å². The van der Waals surface area contributed by atoms with Gasteiger partial charge in [0.15, 0.2) is 5.65 Å². The molecule has 0 saturated heterocycles. The highest BCUT2D eigenvalue weighted by Crippen LogP contribution is 2.28. The molecule has 6 nitrogen and oxygen atoms in total.